The van der Waals surface area contributed by atoms with Crippen LogP contribution in [0.25, 0.3) is 66.6 Å². The second kappa shape index (κ2) is 14.9. The Morgan fingerprint density at radius 3 is 1.85 bits per heavy atom. The molecule has 7 nitrogen and oxygen atoms in total. The molecule has 6 aromatic carbocycles. The first-order valence-electron chi connectivity index (χ1n) is 21.2. The first-order chi connectivity index (χ1) is 30.0. The number of anilines is 3. The Morgan fingerprint density at radius 2 is 1.16 bits per heavy atom. The summed E-state index contributed by atoms with van der Waals surface area (Å²) in [6.45, 7) is 13.0. The van der Waals surface area contributed by atoms with Gasteiger partial charge in [-0.3, -0.25) is 9.88 Å². The van der Waals surface area contributed by atoms with Crippen LogP contribution in [0, 0.1) is 0 Å². The van der Waals surface area contributed by atoms with Crippen LogP contribution in [-0.4, -0.2) is 29.4 Å². The molecule has 0 atom stereocenters. The van der Waals surface area contributed by atoms with E-state index >= 15 is 0 Å². The topological polar surface area (TPSA) is 72.0 Å². The van der Waals surface area contributed by atoms with Crippen LogP contribution in [0.4, 0.5) is 17.3 Å². The van der Waals surface area contributed by atoms with Crippen LogP contribution in [0.3, 0.4) is 0 Å². The van der Waals surface area contributed by atoms with Gasteiger partial charge in [0.05, 0.1) is 33.3 Å². The summed E-state index contributed by atoms with van der Waals surface area (Å²) < 4.78 is 4.24. The van der Waals surface area contributed by atoms with E-state index in [4.69, 9.17) is 15.1 Å². The van der Waals surface area contributed by atoms with Gasteiger partial charge >= 0.3 is 0 Å². The van der Waals surface area contributed by atoms with E-state index in [1.54, 1.807) is 0 Å². The normalized spacial score (nSPS) is 12.1. The molecule has 62 heavy (non-hydrogen) atoms. The fourth-order valence-electron chi connectivity index (χ4n) is 8.60. The number of phenols is 1. The largest absolute Gasteiger partial charge is 0.505 e. The van der Waals surface area contributed by atoms with Crippen molar-refractivity contribution in [1.82, 2.24) is 24.3 Å². The molecule has 10 rings (SSSR count). The van der Waals surface area contributed by atoms with Crippen molar-refractivity contribution in [2.45, 2.75) is 52.4 Å². The third kappa shape index (κ3) is 6.67. The number of para-hydroxylation sites is 4. The molecule has 0 aliphatic carbocycles. The highest BCUT2D eigenvalue weighted by molar-refractivity contribution is 6.17. The molecule has 7 heteroatoms. The molecular weight excluding hydrogens is 761 g/mol. The molecular formula is C55H48N6O. The van der Waals surface area contributed by atoms with Gasteiger partial charge in [0, 0.05) is 33.9 Å². The number of hydrogen-bond donors (Lipinski definition) is 1. The summed E-state index contributed by atoms with van der Waals surface area (Å²) in [4.78, 5) is 12.8. The lowest BCUT2D eigenvalue weighted by atomic mass is 9.79. The second-order valence-corrected chi connectivity index (χ2v) is 18.0. The lowest BCUT2D eigenvalue weighted by Crippen LogP contribution is -2.18. The number of phenolic OH excluding ortho intramolecular Hbond substituents is 1. The van der Waals surface area contributed by atoms with Crippen molar-refractivity contribution in [2.24, 2.45) is 0 Å². The van der Waals surface area contributed by atoms with Gasteiger partial charge in [0.2, 0.25) is 0 Å². The third-order valence-corrected chi connectivity index (χ3v) is 11.8. The van der Waals surface area contributed by atoms with Gasteiger partial charge in [-0.1, -0.05) is 145 Å². The van der Waals surface area contributed by atoms with E-state index in [2.05, 4.69) is 184 Å². The van der Waals surface area contributed by atoms with E-state index in [1.807, 2.05) is 47.3 Å². The Labute approximate surface area is 362 Å². The maximum absolute atomic E-state index is 12.3. The van der Waals surface area contributed by atoms with Crippen LogP contribution < -0.4 is 4.90 Å². The minimum Gasteiger partial charge on any atom is -0.505 e. The van der Waals surface area contributed by atoms with E-state index in [1.165, 1.54) is 0 Å². The average molecular weight is 809 g/mol. The summed E-state index contributed by atoms with van der Waals surface area (Å²) in [5.74, 6) is 1.60. The summed E-state index contributed by atoms with van der Waals surface area (Å²) in [6, 6.07) is 58.6. The number of pyridine rings is 2. The molecule has 4 aromatic heterocycles. The molecule has 10 aromatic rings. The number of rotatable bonds is 7. The zero-order valence-corrected chi connectivity index (χ0v) is 35.9. The molecule has 0 unspecified atom stereocenters. The van der Waals surface area contributed by atoms with E-state index < -0.39 is 0 Å². The number of fused-ring (bicyclic) bond motifs is 4. The number of benzene rings is 6. The SMILES string of the molecule is CC(C)(C)c1cc(-n2nc(N(c3ccccc3)c3nc(-c4cc(-c5ccccc5)ccn4)cc4c3c3ccccc3n4-c3ccccc3)c3ccccc32)c(O)c(C(C)(C)C)c1. The predicted octanol–water partition coefficient (Wildman–Crippen LogP) is 14.0. The van der Waals surface area contributed by atoms with Gasteiger partial charge in [-0.25, -0.2) is 9.67 Å². The van der Waals surface area contributed by atoms with E-state index in [0.717, 1.165) is 77.7 Å². The van der Waals surface area contributed by atoms with E-state index in [9.17, 15) is 5.11 Å². The lowest BCUT2D eigenvalue weighted by molar-refractivity contribution is 0.441. The quantitative estimate of drug-likeness (QED) is 0.174. The Balaban J connectivity index is 1.32. The van der Waals surface area contributed by atoms with Crippen LogP contribution in [0.2, 0.25) is 0 Å². The summed E-state index contributed by atoms with van der Waals surface area (Å²) in [7, 11) is 0. The van der Waals surface area contributed by atoms with Gasteiger partial charge < -0.3 is 9.67 Å². The molecule has 0 aliphatic rings. The van der Waals surface area contributed by atoms with Crippen molar-refractivity contribution in [3.05, 3.63) is 187 Å². The summed E-state index contributed by atoms with van der Waals surface area (Å²) in [5.41, 5.74) is 10.6. The molecule has 0 fully saturated rings. The van der Waals surface area contributed by atoms with Gasteiger partial charge in [0.1, 0.15) is 17.3 Å². The number of nitrogens with zero attached hydrogens (tertiary/aromatic N) is 6. The van der Waals surface area contributed by atoms with Crippen LogP contribution in [-0.2, 0) is 10.8 Å². The molecule has 0 bridgehead atoms. The minimum absolute atomic E-state index is 0.181. The van der Waals surface area contributed by atoms with Crippen molar-refractivity contribution in [3.8, 4) is 39.6 Å². The fraction of sp³-hybridized carbons (Fsp3) is 0.145. The Morgan fingerprint density at radius 1 is 0.532 bits per heavy atom. The summed E-state index contributed by atoms with van der Waals surface area (Å²) >= 11 is 0. The molecule has 1 N–H and O–H groups in total. The molecule has 0 saturated heterocycles. The van der Waals surface area contributed by atoms with E-state index in [0.29, 0.717) is 17.3 Å². The van der Waals surface area contributed by atoms with Crippen LogP contribution in [0.5, 0.6) is 5.75 Å². The average Bonchev–Trinajstić information content (AvgIpc) is 3.83. The highest BCUT2D eigenvalue weighted by Crippen LogP contribution is 2.47. The molecule has 304 valence electrons. The Bertz CT molecular complexity index is 3260. The Kier molecular flexibility index (Phi) is 9.29. The number of aromatic hydroxyl groups is 1. The van der Waals surface area contributed by atoms with Crippen molar-refractivity contribution in [1.29, 1.82) is 0 Å². The molecule has 0 amide bonds. The highest BCUT2D eigenvalue weighted by Gasteiger charge is 2.30. The zero-order valence-electron chi connectivity index (χ0n) is 35.9. The first kappa shape index (κ1) is 38.7. The van der Waals surface area contributed by atoms with Gasteiger partial charge in [0.15, 0.2) is 5.82 Å². The van der Waals surface area contributed by atoms with E-state index in [-0.39, 0.29) is 16.6 Å². The number of hydrogen-bond acceptors (Lipinski definition) is 5. The molecule has 0 spiro atoms. The molecule has 4 heterocycles. The monoisotopic (exact) mass is 808 g/mol. The van der Waals surface area contributed by atoms with Crippen molar-refractivity contribution in [3.63, 3.8) is 0 Å². The van der Waals surface area contributed by atoms with Gasteiger partial charge in [0.25, 0.3) is 0 Å². The number of aromatic nitrogens is 5. The Hall–Kier alpha value is -7.51. The smallest absolute Gasteiger partial charge is 0.169 e. The fourth-order valence-corrected chi connectivity index (χ4v) is 8.60. The van der Waals surface area contributed by atoms with Crippen molar-refractivity contribution < 1.29 is 5.11 Å². The summed E-state index contributed by atoms with van der Waals surface area (Å²) in [6.07, 6.45) is 1.87. The van der Waals surface area contributed by atoms with Crippen molar-refractivity contribution in [2.75, 3.05) is 4.90 Å². The maximum atomic E-state index is 12.3. The van der Waals surface area contributed by atoms with Crippen LogP contribution in [0.15, 0.2) is 176 Å². The zero-order chi connectivity index (χ0) is 42.8. The second-order valence-electron chi connectivity index (χ2n) is 18.0. The van der Waals surface area contributed by atoms with Gasteiger partial charge in [-0.2, -0.15) is 0 Å². The van der Waals surface area contributed by atoms with Crippen LogP contribution in [0.1, 0.15) is 52.7 Å². The standard InChI is InChI=1S/C55H48N6O/c1-54(2,3)38-33-43(55(4,5)6)51(62)49(34-38)61-47-29-19-17-27-42(47)52(58-61)60(40-24-14-9-15-25-40)53-50-41-26-16-18-28-46(41)59(39-22-12-8-13-23-39)48(50)35-45(57-53)44-32-37(30-31-56-44)36-20-10-7-11-21-36/h7-35,62H,1-6H3. The molecule has 0 saturated carbocycles. The highest BCUT2D eigenvalue weighted by atomic mass is 16.3. The van der Waals surface area contributed by atoms with Gasteiger partial charge in [-0.05, 0) is 94.3 Å². The lowest BCUT2D eigenvalue weighted by Gasteiger charge is -2.27. The van der Waals surface area contributed by atoms with Crippen molar-refractivity contribution >= 4 is 50.0 Å². The van der Waals surface area contributed by atoms with Crippen LogP contribution >= 0.6 is 0 Å². The third-order valence-electron chi connectivity index (χ3n) is 11.8. The van der Waals surface area contributed by atoms with Gasteiger partial charge in [-0.15, -0.1) is 5.10 Å². The molecule has 0 radical (unpaired) electrons. The maximum Gasteiger partial charge on any atom is 0.169 e. The predicted molar refractivity (Wildman–Crippen MR) is 256 cm³/mol. The summed E-state index contributed by atoms with van der Waals surface area (Å²) in [5, 5.41) is 20.7. The molecule has 0 aliphatic heterocycles. The minimum atomic E-state index is -0.323. The first-order valence-corrected chi connectivity index (χ1v) is 21.2.